The largest absolute Gasteiger partial charge is 1.00 e. The third-order valence-corrected chi connectivity index (χ3v) is 8.02. The first-order valence-corrected chi connectivity index (χ1v) is 13.0. The number of H-pyrrole nitrogens is 1. The fourth-order valence-corrected chi connectivity index (χ4v) is 6.02. The van der Waals surface area contributed by atoms with Crippen molar-refractivity contribution in [3.05, 3.63) is 10.4 Å². The maximum absolute atomic E-state index is 12.1. The van der Waals surface area contributed by atoms with Crippen LogP contribution >= 0.6 is 23.5 Å². The van der Waals surface area contributed by atoms with Crippen LogP contribution in [-0.2, 0) is 31.6 Å². The number of hydrogen-bond acceptors (Lipinski definition) is 18. The Morgan fingerprint density at radius 2 is 1.65 bits per heavy atom. The molecule has 0 saturated carbocycles. The van der Waals surface area contributed by atoms with Crippen LogP contribution in [0.2, 0.25) is 0 Å². The zero-order chi connectivity index (χ0) is 24.9. The van der Waals surface area contributed by atoms with Gasteiger partial charge in [0.25, 0.3) is 21.2 Å². The third-order valence-electron chi connectivity index (χ3n) is 4.35. The molecule has 1 aromatic heterocycles. The molecule has 0 aliphatic carbocycles. The van der Waals surface area contributed by atoms with Crippen LogP contribution in [0.1, 0.15) is 0 Å². The van der Waals surface area contributed by atoms with Gasteiger partial charge in [-0.05, 0) is 0 Å². The Kier molecular flexibility index (Phi) is 17.9. The number of ether oxygens (including phenoxy) is 1. The van der Waals surface area contributed by atoms with Crippen molar-refractivity contribution in [2.45, 2.75) is 24.5 Å². The molecule has 0 amide bonds. The van der Waals surface area contributed by atoms with Gasteiger partial charge in [0, 0.05) is 7.05 Å². The van der Waals surface area contributed by atoms with Crippen molar-refractivity contribution >= 4 is 40.9 Å². The molecule has 1 fully saturated rings. The summed E-state index contributed by atoms with van der Waals surface area (Å²) in [6.07, 6.45) is -6.42. The molecule has 1 aromatic rings. The van der Waals surface area contributed by atoms with E-state index in [9.17, 15) is 48.3 Å². The van der Waals surface area contributed by atoms with Crippen molar-refractivity contribution in [1.82, 2.24) is 9.97 Å². The van der Waals surface area contributed by atoms with Crippen LogP contribution in [0.5, 0.6) is 0 Å². The Labute approximate surface area is 297 Å². The number of hydrogen-bond donors (Lipinski definition) is 4. The number of aromatic amines is 1. The predicted octanol–water partition coefficient (Wildman–Crippen LogP) is -17.2. The fourth-order valence-electron chi connectivity index (χ4n) is 3.16. The average Bonchev–Trinajstić information content (AvgIpc) is 3.07. The summed E-state index contributed by atoms with van der Waals surface area (Å²) in [6.45, 7) is -1.16. The monoisotopic (exact) mass is 627 g/mol. The van der Waals surface area contributed by atoms with Crippen LogP contribution in [0.15, 0.2) is 4.79 Å². The quantitative estimate of drug-likeness (QED) is 0.154. The normalized spacial score (nSPS) is 25.9. The number of aromatic nitrogens is 2. The molecule has 0 aromatic carbocycles. The topological polar surface area (TPSA) is 299 Å². The number of fused-ring (bicyclic) bond motifs is 1. The van der Waals surface area contributed by atoms with E-state index in [2.05, 4.69) is 23.1 Å². The first-order valence-electron chi connectivity index (χ1n) is 8.60. The van der Waals surface area contributed by atoms with Gasteiger partial charge in [0.1, 0.15) is 24.0 Å². The first kappa shape index (κ1) is 41.7. The summed E-state index contributed by atoms with van der Waals surface area (Å²) in [5.41, 5.74) is 5.02. The van der Waals surface area contributed by atoms with E-state index in [0.29, 0.717) is 0 Å². The van der Waals surface area contributed by atoms with Crippen LogP contribution < -0.4 is 159 Å². The van der Waals surface area contributed by atoms with E-state index in [0.717, 1.165) is 0 Å². The van der Waals surface area contributed by atoms with Gasteiger partial charge in [0.2, 0.25) is 5.95 Å². The molecular weight excluding hydrogens is 611 g/mol. The Bertz CT molecular complexity index is 1130. The molecule has 5 N–H and O–H groups in total. The molecule has 3 rings (SSSR count). The first-order chi connectivity index (χ1) is 15.0. The van der Waals surface area contributed by atoms with Gasteiger partial charge in [-0.25, -0.2) is 4.31 Å². The molecule has 1 saturated heterocycles. The number of rotatable bonds is 8. The van der Waals surface area contributed by atoms with Crippen LogP contribution in [0.3, 0.4) is 0 Å². The summed E-state index contributed by atoms with van der Waals surface area (Å²) in [4.78, 5) is 64.6. The number of phosphoric ester groups is 1. The Hall–Kier alpha value is 2.57. The molecule has 37 heavy (non-hydrogen) atoms. The van der Waals surface area contributed by atoms with Crippen LogP contribution in [0, 0.1) is 0 Å². The molecule has 2 unspecified atom stereocenters. The fraction of sp³-hybridized carbons (Fsp3) is 0.636. The molecule has 188 valence electrons. The molecule has 2 aliphatic rings. The molecule has 2 aliphatic heterocycles. The number of aliphatic hydroxyl groups is 2. The van der Waals surface area contributed by atoms with Crippen LogP contribution in [0.4, 0.5) is 17.5 Å². The summed E-state index contributed by atoms with van der Waals surface area (Å²) in [7, 11) is -16.6. The number of nitrogens with one attached hydrogen (secondary N) is 1. The van der Waals surface area contributed by atoms with Crippen molar-refractivity contribution in [1.29, 1.82) is 0 Å². The van der Waals surface area contributed by atoms with Crippen LogP contribution in [-0.4, -0.2) is 65.0 Å². The summed E-state index contributed by atoms with van der Waals surface area (Å²) >= 11 is 0. The maximum Gasteiger partial charge on any atom is 1.00 e. The van der Waals surface area contributed by atoms with Crippen molar-refractivity contribution in [2.75, 3.05) is 35.9 Å². The Morgan fingerprint density at radius 3 is 2.19 bits per heavy atom. The SMILES string of the molecule is CN1CN([C@@H]2O[C@H](COP(=O)([O-])OP(=O)([O-])OP(=O)([O-])[O-])[C@@H](O)[C@H]2O)c2nc(N)[nH]c(=O)c21.[Na+].[Na+].[Na+].[Na+]. The van der Waals surface area contributed by atoms with E-state index in [1.807, 2.05) is 0 Å². The molecular formula is C11H16N5Na4O14P3. The van der Waals surface area contributed by atoms with Gasteiger partial charge in [-0.1, -0.05) is 0 Å². The molecule has 26 heteroatoms. The number of aliphatic hydroxyl groups excluding tert-OH is 2. The van der Waals surface area contributed by atoms with E-state index < -0.39 is 60.2 Å². The number of anilines is 3. The van der Waals surface area contributed by atoms with Crippen molar-refractivity contribution in [3.8, 4) is 0 Å². The minimum Gasteiger partial charge on any atom is -0.790 e. The zero-order valence-corrected chi connectivity index (χ0v) is 31.0. The van der Waals surface area contributed by atoms with Gasteiger partial charge < -0.3 is 59.1 Å². The van der Waals surface area contributed by atoms with Gasteiger partial charge in [-0.2, -0.15) is 4.98 Å². The summed E-state index contributed by atoms with van der Waals surface area (Å²) in [5, 5.41) is 20.5. The van der Waals surface area contributed by atoms with E-state index in [1.165, 1.54) is 16.8 Å². The third kappa shape index (κ3) is 11.0. The summed E-state index contributed by atoms with van der Waals surface area (Å²) in [5.74, 6) is -0.250. The van der Waals surface area contributed by atoms with E-state index in [1.54, 1.807) is 0 Å². The molecule has 3 heterocycles. The Morgan fingerprint density at radius 1 is 1.08 bits per heavy atom. The van der Waals surface area contributed by atoms with E-state index in [-0.39, 0.29) is 142 Å². The van der Waals surface area contributed by atoms with Gasteiger partial charge in [-0.3, -0.25) is 23.2 Å². The van der Waals surface area contributed by atoms with Gasteiger partial charge >= 0.3 is 118 Å². The summed E-state index contributed by atoms with van der Waals surface area (Å²) < 4.78 is 49.3. The minimum absolute atomic E-state index is 0. The Balaban J connectivity index is 0. The molecule has 6 atom stereocenters. The summed E-state index contributed by atoms with van der Waals surface area (Å²) in [6, 6.07) is 0. The van der Waals surface area contributed by atoms with Gasteiger partial charge in [0.05, 0.1) is 21.1 Å². The van der Waals surface area contributed by atoms with Crippen LogP contribution in [0.25, 0.3) is 0 Å². The van der Waals surface area contributed by atoms with Crippen molar-refractivity contribution in [2.24, 2.45) is 0 Å². The second-order valence-corrected chi connectivity index (χ2v) is 11.0. The molecule has 0 radical (unpaired) electrons. The number of nitrogen functional groups attached to an aromatic ring is 1. The maximum atomic E-state index is 12.1. The van der Waals surface area contributed by atoms with E-state index >= 15 is 0 Å². The number of nitrogens with two attached hydrogens (primary N) is 1. The van der Waals surface area contributed by atoms with Gasteiger partial charge in [0.15, 0.2) is 12.0 Å². The molecule has 0 bridgehead atoms. The predicted molar refractivity (Wildman–Crippen MR) is 96.6 cm³/mol. The zero-order valence-electron chi connectivity index (χ0n) is 20.3. The smallest absolute Gasteiger partial charge is 0.790 e. The second-order valence-electron chi connectivity index (χ2n) is 6.78. The number of phosphoric acid groups is 3. The van der Waals surface area contributed by atoms with E-state index in [4.69, 9.17) is 10.5 Å². The van der Waals surface area contributed by atoms with Gasteiger partial charge in [-0.15, -0.1) is 0 Å². The average molecular weight is 627 g/mol. The molecule has 19 nitrogen and oxygen atoms in total. The second kappa shape index (κ2) is 15.9. The van der Waals surface area contributed by atoms with Crippen molar-refractivity contribution in [3.63, 3.8) is 0 Å². The standard InChI is InChI=1S/C11H20N5O14P3.4Na/c1-15-3-16(8-5(15)9(19)14-11(12)13-8)10-7(18)6(17)4(28-10)2-27-32(23,24)30-33(25,26)29-31(20,21)22;;;;/h4,6-7,10,17-18H,2-3H2,1H3,(H,23,24)(H,25,26)(H2,20,21,22)(H3,12,13,14,19);;;;/q;4*+1/p-4/t4-,6-,7-,10-;;;;/m1..../s1. The molecule has 0 spiro atoms. The number of nitrogens with zero attached hydrogens (tertiary/aromatic N) is 3. The minimum atomic E-state index is -6.16. The van der Waals surface area contributed by atoms with Crippen molar-refractivity contribution < 1.29 is 180 Å².